The van der Waals surface area contributed by atoms with Gasteiger partial charge in [-0.25, -0.2) is 0 Å². The van der Waals surface area contributed by atoms with Crippen LogP contribution in [0.4, 0.5) is 0 Å². The van der Waals surface area contributed by atoms with E-state index in [1.807, 2.05) is 30.3 Å². The maximum absolute atomic E-state index is 10.2. The minimum atomic E-state index is -0.929. The van der Waals surface area contributed by atoms with Gasteiger partial charge in [-0.15, -0.1) is 0 Å². The highest BCUT2D eigenvalue weighted by atomic mass is 32.2. The van der Waals surface area contributed by atoms with E-state index in [0.717, 1.165) is 5.56 Å². The summed E-state index contributed by atoms with van der Waals surface area (Å²) < 4.78 is 0. The molecule has 0 amide bonds. The van der Waals surface area contributed by atoms with Crippen LogP contribution < -0.4 is 11.6 Å². The number of hydrogen-bond acceptors (Lipinski definition) is 4. The Morgan fingerprint density at radius 2 is 2.07 bits per heavy atom. The predicted molar refractivity (Wildman–Crippen MR) is 64.3 cm³/mol. The van der Waals surface area contributed by atoms with E-state index in [1.165, 1.54) is 11.8 Å². The van der Waals surface area contributed by atoms with Gasteiger partial charge in [-0.2, -0.15) is 5.10 Å². The van der Waals surface area contributed by atoms with Crippen molar-refractivity contribution in [3.8, 4) is 0 Å². The molecule has 5 heteroatoms. The lowest BCUT2D eigenvalue weighted by atomic mass is 9.99. The second kappa shape index (κ2) is 5.04. The Balaban J connectivity index is 2.68. The number of rotatable bonds is 3. The Labute approximate surface area is 93.4 Å². The SMILES string of the molecule is CC(O)(CSC(N)=NN)c1ccccc1. The molecule has 5 N–H and O–H groups in total. The number of nitrogens with zero attached hydrogens (tertiary/aromatic N) is 1. The molecular formula is C10H15N3OS. The van der Waals surface area contributed by atoms with Gasteiger partial charge in [0.1, 0.15) is 0 Å². The van der Waals surface area contributed by atoms with Gasteiger partial charge in [0.2, 0.25) is 0 Å². The second-order valence-corrected chi connectivity index (χ2v) is 4.39. The van der Waals surface area contributed by atoms with Gasteiger partial charge >= 0.3 is 0 Å². The summed E-state index contributed by atoms with van der Waals surface area (Å²) in [5, 5.41) is 13.8. The molecule has 0 aromatic heterocycles. The lowest BCUT2D eigenvalue weighted by molar-refractivity contribution is 0.0841. The number of nitrogens with two attached hydrogens (primary N) is 2. The number of hydrazone groups is 1. The fourth-order valence-corrected chi connectivity index (χ4v) is 1.80. The summed E-state index contributed by atoms with van der Waals surface area (Å²) in [6.45, 7) is 1.74. The van der Waals surface area contributed by atoms with Gasteiger partial charge in [0.15, 0.2) is 5.17 Å². The zero-order valence-electron chi connectivity index (χ0n) is 8.55. The summed E-state index contributed by atoms with van der Waals surface area (Å²) in [5.41, 5.74) is 5.36. The van der Waals surface area contributed by atoms with Gasteiger partial charge in [-0.05, 0) is 12.5 Å². The molecule has 0 spiro atoms. The smallest absolute Gasteiger partial charge is 0.177 e. The van der Waals surface area contributed by atoms with E-state index in [1.54, 1.807) is 6.92 Å². The third-order valence-electron chi connectivity index (χ3n) is 2.02. The van der Waals surface area contributed by atoms with Gasteiger partial charge in [-0.1, -0.05) is 42.1 Å². The van der Waals surface area contributed by atoms with Crippen molar-refractivity contribution >= 4 is 16.9 Å². The highest BCUT2D eigenvalue weighted by Crippen LogP contribution is 2.24. The van der Waals surface area contributed by atoms with E-state index in [9.17, 15) is 5.11 Å². The summed E-state index contributed by atoms with van der Waals surface area (Å²) in [6, 6.07) is 9.42. The molecule has 0 saturated carbocycles. The monoisotopic (exact) mass is 225 g/mol. The normalized spacial score (nSPS) is 16.0. The summed E-state index contributed by atoms with van der Waals surface area (Å²) in [7, 11) is 0. The average Bonchev–Trinajstić information content (AvgIpc) is 2.27. The fraction of sp³-hybridized carbons (Fsp3) is 0.300. The summed E-state index contributed by atoms with van der Waals surface area (Å²) in [4.78, 5) is 0. The van der Waals surface area contributed by atoms with Crippen LogP contribution in [0.25, 0.3) is 0 Å². The molecule has 1 rings (SSSR count). The van der Waals surface area contributed by atoms with Gasteiger partial charge in [-0.3, -0.25) is 0 Å². The molecule has 1 unspecified atom stereocenters. The van der Waals surface area contributed by atoms with Crippen molar-refractivity contribution in [3.05, 3.63) is 35.9 Å². The summed E-state index contributed by atoms with van der Waals surface area (Å²) in [5.74, 6) is 5.42. The van der Waals surface area contributed by atoms with Crippen LogP contribution in [0.2, 0.25) is 0 Å². The highest BCUT2D eigenvalue weighted by molar-refractivity contribution is 8.13. The first-order valence-corrected chi connectivity index (χ1v) is 5.49. The average molecular weight is 225 g/mol. The molecule has 1 aromatic carbocycles. The first-order chi connectivity index (χ1) is 7.06. The van der Waals surface area contributed by atoms with Crippen LogP contribution in [0.1, 0.15) is 12.5 Å². The van der Waals surface area contributed by atoms with E-state index in [4.69, 9.17) is 11.6 Å². The number of aliphatic hydroxyl groups is 1. The van der Waals surface area contributed by atoms with Gasteiger partial charge in [0.25, 0.3) is 0 Å². The van der Waals surface area contributed by atoms with E-state index in [2.05, 4.69) is 5.10 Å². The lowest BCUT2D eigenvalue weighted by Crippen LogP contribution is -2.26. The number of hydrogen-bond donors (Lipinski definition) is 3. The summed E-state index contributed by atoms with van der Waals surface area (Å²) in [6.07, 6.45) is 0. The van der Waals surface area contributed by atoms with Crippen molar-refractivity contribution in [2.75, 3.05) is 5.75 Å². The molecule has 15 heavy (non-hydrogen) atoms. The molecule has 1 atom stereocenters. The zero-order valence-corrected chi connectivity index (χ0v) is 9.37. The van der Waals surface area contributed by atoms with Crippen molar-refractivity contribution in [1.82, 2.24) is 0 Å². The van der Waals surface area contributed by atoms with Crippen LogP contribution in [-0.2, 0) is 5.60 Å². The largest absolute Gasteiger partial charge is 0.385 e. The predicted octanol–water partition coefficient (Wildman–Crippen LogP) is 0.816. The van der Waals surface area contributed by atoms with Crippen LogP contribution in [0.5, 0.6) is 0 Å². The van der Waals surface area contributed by atoms with Crippen molar-refractivity contribution < 1.29 is 5.11 Å². The Morgan fingerprint density at radius 1 is 1.47 bits per heavy atom. The third-order valence-corrected chi connectivity index (χ3v) is 3.13. The van der Waals surface area contributed by atoms with E-state index >= 15 is 0 Å². The van der Waals surface area contributed by atoms with Gasteiger partial charge < -0.3 is 16.7 Å². The molecular weight excluding hydrogens is 210 g/mol. The topological polar surface area (TPSA) is 84.6 Å². The van der Waals surface area contributed by atoms with Crippen molar-refractivity contribution in [2.24, 2.45) is 16.7 Å². The Hall–Kier alpha value is -1.20. The fourth-order valence-electron chi connectivity index (χ4n) is 1.13. The molecule has 0 bridgehead atoms. The molecule has 0 aliphatic heterocycles. The molecule has 0 fully saturated rings. The Kier molecular flexibility index (Phi) is 3.99. The van der Waals surface area contributed by atoms with Crippen LogP contribution in [0.15, 0.2) is 35.4 Å². The van der Waals surface area contributed by atoms with Gasteiger partial charge in [0.05, 0.1) is 5.60 Å². The van der Waals surface area contributed by atoms with Crippen LogP contribution >= 0.6 is 11.8 Å². The number of benzene rings is 1. The lowest BCUT2D eigenvalue weighted by Gasteiger charge is -2.22. The Bertz CT molecular complexity index is 338. The maximum atomic E-state index is 10.2. The standard InChI is InChI=1S/C10H15N3OS/c1-10(14,7-15-9(11)13-12)8-5-3-2-4-6-8/h2-6,14H,7,12H2,1H3,(H2,11,13). The minimum absolute atomic E-state index is 0.270. The molecule has 0 radical (unpaired) electrons. The van der Waals surface area contributed by atoms with Crippen LogP contribution in [0.3, 0.4) is 0 Å². The quantitative estimate of drug-likeness (QED) is 0.308. The molecule has 0 heterocycles. The van der Waals surface area contributed by atoms with Crippen molar-refractivity contribution in [3.63, 3.8) is 0 Å². The van der Waals surface area contributed by atoms with Gasteiger partial charge in [0, 0.05) is 5.75 Å². The zero-order chi connectivity index (χ0) is 11.3. The molecule has 1 aromatic rings. The van der Waals surface area contributed by atoms with Crippen molar-refractivity contribution in [1.29, 1.82) is 0 Å². The Morgan fingerprint density at radius 3 is 2.60 bits per heavy atom. The van der Waals surface area contributed by atoms with E-state index in [0.29, 0.717) is 5.75 Å². The highest BCUT2D eigenvalue weighted by Gasteiger charge is 2.23. The van der Waals surface area contributed by atoms with Crippen molar-refractivity contribution in [2.45, 2.75) is 12.5 Å². The van der Waals surface area contributed by atoms with Crippen LogP contribution in [-0.4, -0.2) is 16.0 Å². The van der Waals surface area contributed by atoms with E-state index in [-0.39, 0.29) is 5.17 Å². The minimum Gasteiger partial charge on any atom is -0.385 e. The first-order valence-electron chi connectivity index (χ1n) is 4.50. The number of thioether (sulfide) groups is 1. The molecule has 82 valence electrons. The molecule has 0 aliphatic rings. The number of amidine groups is 1. The molecule has 4 nitrogen and oxygen atoms in total. The third kappa shape index (κ3) is 3.45. The first kappa shape index (κ1) is 11.9. The van der Waals surface area contributed by atoms with E-state index < -0.39 is 5.60 Å². The maximum Gasteiger partial charge on any atom is 0.177 e. The molecule has 0 aliphatic carbocycles. The second-order valence-electron chi connectivity index (χ2n) is 3.40. The summed E-state index contributed by atoms with van der Waals surface area (Å²) >= 11 is 1.23. The van der Waals surface area contributed by atoms with Crippen LogP contribution in [0, 0.1) is 0 Å². The molecule has 0 saturated heterocycles.